The first-order valence-corrected chi connectivity index (χ1v) is 16.1. The number of nitrogens with zero attached hydrogens (tertiary/aromatic N) is 2. The van der Waals surface area contributed by atoms with Gasteiger partial charge < -0.3 is 19.5 Å². The van der Waals surface area contributed by atoms with Crippen LogP contribution in [-0.2, 0) is 24.4 Å². The number of hydrogen-bond donors (Lipinski definition) is 2. The summed E-state index contributed by atoms with van der Waals surface area (Å²) in [4.78, 5) is 46.7. The van der Waals surface area contributed by atoms with Crippen LogP contribution in [0.1, 0.15) is 52.9 Å². The fraction of sp³-hybridized carbons (Fsp3) is 0.548. The van der Waals surface area contributed by atoms with E-state index in [1.807, 2.05) is 18.2 Å². The van der Waals surface area contributed by atoms with Crippen molar-refractivity contribution in [2.45, 2.75) is 75.9 Å². The molecule has 3 fully saturated rings. The van der Waals surface area contributed by atoms with Crippen molar-refractivity contribution < 1.29 is 37.4 Å². The number of benzene rings is 1. The topological polar surface area (TPSA) is 152 Å². The third-order valence-corrected chi connectivity index (χ3v) is 10.9. The van der Waals surface area contributed by atoms with Gasteiger partial charge in [-0.3, -0.25) is 19.1 Å². The number of amides is 2. The molecule has 1 aromatic carbocycles. The predicted octanol–water partition coefficient (Wildman–Crippen LogP) is 2.76. The van der Waals surface area contributed by atoms with E-state index >= 15 is 0 Å². The molecule has 232 valence electrons. The Bertz CT molecular complexity index is 1560. The van der Waals surface area contributed by atoms with Crippen LogP contribution in [-0.4, -0.2) is 77.7 Å². The average molecular weight is 614 g/mol. The zero-order valence-corrected chi connectivity index (χ0v) is 25.7. The Kier molecular flexibility index (Phi) is 8.06. The Morgan fingerprint density at radius 2 is 2.00 bits per heavy atom. The Balaban J connectivity index is 1.39. The van der Waals surface area contributed by atoms with Crippen molar-refractivity contribution in [3.8, 4) is 11.6 Å². The summed E-state index contributed by atoms with van der Waals surface area (Å²) >= 11 is 0. The molecular formula is C31H39N3O8S. The first kappa shape index (κ1) is 30.9. The van der Waals surface area contributed by atoms with Crippen molar-refractivity contribution in [1.82, 2.24) is 14.6 Å². The lowest BCUT2D eigenvalue weighted by Crippen LogP contribution is -2.49. The highest BCUT2D eigenvalue weighted by Crippen LogP contribution is 2.57. The highest BCUT2D eigenvalue weighted by molar-refractivity contribution is 7.90. The highest BCUT2D eigenvalue weighted by Gasteiger charge is 2.61. The van der Waals surface area contributed by atoms with Crippen LogP contribution < -0.4 is 14.2 Å². The number of rotatable bonds is 12. The Morgan fingerprint density at radius 3 is 2.60 bits per heavy atom. The van der Waals surface area contributed by atoms with E-state index < -0.39 is 56.2 Å². The summed E-state index contributed by atoms with van der Waals surface area (Å²) in [5.74, 6) is -1.67. The number of nitrogens with one attached hydrogen (secondary N) is 1. The molecule has 2 amide bonds. The van der Waals surface area contributed by atoms with Crippen molar-refractivity contribution in [1.29, 1.82) is 0 Å². The van der Waals surface area contributed by atoms with E-state index in [1.165, 1.54) is 18.7 Å². The molecule has 0 unspecified atom stereocenters. The number of Topliss-reactive ketones (excluding diaryl/α,β-unsaturated/α-hetero) is 1. The van der Waals surface area contributed by atoms with Crippen LogP contribution in [0.4, 0.5) is 0 Å². The second-order valence-electron chi connectivity index (χ2n) is 12.6. The lowest BCUT2D eigenvalue weighted by molar-refractivity contribution is -0.147. The molecule has 1 aromatic heterocycles. The highest BCUT2D eigenvalue weighted by atomic mass is 32.2. The predicted molar refractivity (Wildman–Crippen MR) is 159 cm³/mol. The number of fused-ring (bicyclic) bond motifs is 1. The molecule has 12 heteroatoms. The Morgan fingerprint density at radius 1 is 1.28 bits per heavy atom. The van der Waals surface area contributed by atoms with Crippen molar-refractivity contribution in [2.24, 2.45) is 17.3 Å². The van der Waals surface area contributed by atoms with Gasteiger partial charge in [0, 0.05) is 24.4 Å². The second kappa shape index (κ2) is 11.2. The summed E-state index contributed by atoms with van der Waals surface area (Å²) in [6.45, 7) is 8.51. The van der Waals surface area contributed by atoms with Crippen LogP contribution in [0.15, 0.2) is 43.1 Å². The van der Waals surface area contributed by atoms with E-state index in [0.29, 0.717) is 24.5 Å². The first-order chi connectivity index (χ1) is 20.2. The minimum absolute atomic E-state index is 0.0734. The SMILES string of the molecule is C=C[C@@H]1C[C@]1(CC(=O)[C@@H]1C[C@@H](Oc2nccc3cc(OC)ccc23)CN1C(=O)[C@@H](C)C(C)(C)O)C(=O)NS(=O)(=O)C1CC1. The van der Waals surface area contributed by atoms with Gasteiger partial charge in [0.25, 0.3) is 0 Å². The molecule has 2 N–H and O–H groups in total. The number of hydrogen-bond acceptors (Lipinski definition) is 9. The van der Waals surface area contributed by atoms with E-state index in [1.54, 1.807) is 32.4 Å². The molecule has 3 aliphatic rings. The quantitative estimate of drug-likeness (QED) is 0.344. The minimum atomic E-state index is -3.81. The number of aromatic nitrogens is 1. The summed E-state index contributed by atoms with van der Waals surface area (Å²) in [7, 11) is -2.23. The van der Waals surface area contributed by atoms with Gasteiger partial charge in [-0.15, -0.1) is 6.58 Å². The molecule has 0 bridgehead atoms. The lowest BCUT2D eigenvalue weighted by Gasteiger charge is -2.32. The summed E-state index contributed by atoms with van der Waals surface area (Å²) in [5, 5.41) is 11.6. The molecule has 2 saturated carbocycles. The minimum Gasteiger partial charge on any atom is -0.497 e. The number of methoxy groups -OCH3 is 1. The van der Waals surface area contributed by atoms with E-state index in [4.69, 9.17) is 9.47 Å². The summed E-state index contributed by atoms with van der Waals surface area (Å²) in [6.07, 6.45) is 3.76. The number of likely N-dealkylation sites (tertiary alicyclic amines) is 1. The Labute approximate surface area is 251 Å². The van der Waals surface area contributed by atoms with Crippen LogP contribution in [0, 0.1) is 17.3 Å². The maximum absolute atomic E-state index is 13.9. The van der Waals surface area contributed by atoms with Crippen molar-refractivity contribution in [3.05, 3.63) is 43.1 Å². The molecule has 5 atom stereocenters. The van der Waals surface area contributed by atoms with E-state index in [0.717, 1.165) is 10.8 Å². The molecule has 43 heavy (non-hydrogen) atoms. The van der Waals surface area contributed by atoms with Crippen molar-refractivity contribution >= 4 is 38.4 Å². The van der Waals surface area contributed by atoms with Crippen molar-refractivity contribution in [2.75, 3.05) is 13.7 Å². The van der Waals surface area contributed by atoms with E-state index in [9.17, 15) is 27.9 Å². The number of ketones is 1. The van der Waals surface area contributed by atoms with Gasteiger partial charge in [0.05, 0.1) is 41.9 Å². The zero-order valence-electron chi connectivity index (χ0n) is 24.9. The molecule has 1 saturated heterocycles. The van der Waals surface area contributed by atoms with Crippen LogP contribution in [0.2, 0.25) is 0 Å². The van der Waals surface area contributed by atoms with Gasteiger partial charge in [0.1, 0.15) is 11.9 Å². The number of ether oxygens (including phenoxy) is 2. The summed E-state index contributed by atoms with van der Waals surface area (Å²) in [6, 6.07) is 6.36. The lowest BCUT2D eigenvalue weighted by atomic mass is 9.89. The first-order valence-electron chi connectivity index (χ1n) is 14.5. The Hall–Kier alpha value is -3.51. The molecular weight excluding hydrogens is 574 g/mol. The maximum Gasteiger partial charge on any atom is 0.240 e. The molecule has 5 rings (SSSR count). The van der Waals surface area contributed by atoms with Gasteiger partial charge >= 0.3 is 0 Å². The van der Waals surface area contributed by atoms with Crippen molar-refractivity contribution in [3.63, 3.8) is 0 Å². The van der Waals surface area contributed by atoms with Crippen LogP contribution >= 0.6 is 0 Å². The molecule has 2 aliphatic carbocycles. The normalized spacial score (nSPS) is 26.1. The zero-order chi connectivity index (χ0) is 31.3. The number of carbonyl (C=O) groups excluding carboxylic acids is 3. The molecule has 0 spiro atoms. The van der Waals surface area contributed by atoms with Gasteiger partial charge in [-0.25, -0.2) is 13.4 Å². The van der Waals surface area contributed by atoms with Gasteiger partial charge in [0.15, 0.2) is 5.78 Å². The summed E-state index contributed by atoms with van der Waals surface area (Å²) < 4.78 is 38.8. The van der Waals surface area contributed by atoms with Crippen LogP contribution in [0.3, 0.4) is 0 Å². The molecule has 1 aliphatic heterocycles. The molecule has 0 radical (unpaired) electrons. The maximum atomic E-state index is 13.9. The van der Waals surface area contributed by atoms with Gasteiger partial charge in [-0.05, 0) is 68.7 Å². The fourth-order valence-electron chi connectivity index (χ4n) is 5.80. The number of carbonyl (C=O) groups is 3. The smallest absolute Gasteiger partial charge is 0.240 e. The van der Waals surface area contributed by atoms with Crippen LogP contribution in [0.25, 0.3) is 10.8 Å². The number of sulfonamides is 1. The third kappa shape index (κ3) is 6.12. The third-order valence-electron chi connectivity index (χ3n) is 9.12. The van der Waals surface area contributed by atoms with Crippen LogP contribution in [0.5, 0.6) is 11.6 Å². The standard InChI is InChI=1S/C31H39N3O8S/c1-6-20-15-31(20,29(37)33-43(39,40)23-8-9-23)16-26(35)25-14-22(17-34(25)28(36)18(2)30(3,4)38)42-27-24-10-7-21(41-5)13-19(24)11-12-32-27/h6-7,10-13,18,20,22-23,25,38H,1,8-9,14-17H2,2-5H3,(H,33,37)/t18-,20-,22-,25+,31-/m1/s1. The van der Waals surface area contributed by atoms with Gasteiger partial charge in [0.2, 0.25) is 27.7 Å². The fourth-order valence-corrected chi connectivity index (χ4v) is 7.18. The second-order valence-corrected chi connectivity index (χ2v) is 14.5. The van der Waals surface area contributed by atoms with E-state index in [2.05, 4.69) is 16.3 Å². The number of pyridine rings is 1. The molecule has 2 heterocycles. The van der Waals surface area contributed by atoms with Gasteiger partial charge in [-0.1, -0.05) is 13.0 Å². The number of aliphatic hydroxyl groups is 1. The van der Waals surface area contributed by atoms with E-state index in [-0.39, 0.29) is 37.5 Å². The molecule has 11 nitrogen and oxygen atoms in total. The average Bonchev–Trinajstić information content (AvgIpc) is 3.88. The largest absolute Gasteiger partial charge is 0.497 e. The number of allylic oxidation sites excluding steroid dienone is 1. The molecule has 2 aromatic rings. The summed E-state index contributed by atoms with van der Waals surface area (Å²) in [5.41, 5.74) is -2.59. The monoisotopic (exact) mass is 613 g/mol. The van der Waals surface area contributed by atoms with Gasteiger partial charge in [-0.2, -0.15) is 0 Å².